The second-order valence-corrected chi connectivity index (χ2v) is 7.63. The van der Waals surface area contributed by atoms with Gasteiger partial charge >= 0.3 is 12.2 Å². The number of alkyl halides is 3. The van der Waals surface area contributed by atoms with Gasteiger partial charge in [-0.05, 0) is 44.5 Å². The molecule has 0 bridgehead atoms. The van der Waals surface area contributed by atoms with Crippen LogP contribution in [0.15, 0.2) is 42.6 Å². The number of urea groups is 1. The minimum atomic E-state index is -4.42. The predicted octanol–water partition coefficient (Wildman–Crippen LogP) is 4.67. The number of nitrogens with one attached hydrogen (secondary N) is 2. The smallest absolute Gasteiger partial charge is 0.354 e. The van der Waals surface area contributed by atoms with Crippen molar-refractivity contribution in [3.63, 3.8) is 0 Å². The molecule has 9 heteroatoms. The molecule has 2 aromatic heterocycles. The molecule has 31 heavy (non-hydrogen) atoms. The molecule has 0 radical (unpaired) electrons. The van der Waals surface area contributed by atoms with Gasteiger partial charge in [-0.15, -0.1) is 0 Å². The summed E-state index contributed by atoms with van der Waals surface area (Å²) in [7, 11) is 0. The number of benzene rings is 1. The Morgan fingerprint density at radius 3 is 2.65 bits per heavy atom. The quantitative estimate of drug-likeness (QED) is 0.635. The van der Waals surface area contributed by atoms with E-state index in [2.05, 4.69) is 20.6 Å². The van der Waals surface area contributed by atoms with E-state index in [0.717, 1.165) is 22.5 Å². The number of aromatic nitrogens is 2. The lowest BCUT2D eigenvalue weighted by molar-refractivity contribution is -0.138. The molecule has 1 unspecified atom stereocenters. The Balaban J connectivity index is 1.40. The molecule has 0 aliphatic carbocycles. The van der Waals surface area contributed by atoms with Crippen molar-refractivity contribution in [2.45, 2.75) is 32.5 Å². The van der Waals surface area contributed by atoms with Crippen LogP contribution < -0.4 is 15.5 Å². The summed E-state index contributed by atoms with van der Waals surface area (Å²) in [5.41, 5.74) is 0.785. The van der Waals surface area contributed by atoms with Crippen LogP contribution in [0.3, 0.4) is 0 Å². The number of rotatable bonds is 3. The lowest BCUT2D eigenvalue weighted by Gasteiger charge is -2.20. The highest BCUT2D eigenvalue weighted by Gasteiger charge is 2.34. The molecule has 6 nitrogen and oxygen atoms in total. The van der Waals surface area contributed by atoms with E-state index in [1.807, 2.05) is 36.1 Å². The number of amides is 2. The van der Waals surface area contributed by atoms with Crippen molar-refractivity contribution >= 4 is 28.3 Å². The summed E-state index contributed by atoms with van der Waals surface area (Å²) in [6.45, 7) is 4.34. The molecule has 1 saturated heterocycles. The molecule has 1 fully saturated rings. The van der Waals surface area contributed by atoms with Crippen LogP contribution in [0.2, 0.25) is 0 Å². The van der Waals surface area contributed by atoms with Crippen LogP contribution in [0, 0.1) is 13.8 Å². The third-order valence-corrected chi connectivity index (χ3v) is 5.48. The van der Waals surface area contributed by atoms with Crippen molar-refractivity contribution in [1.82, 2.24) is 15.3 Å². The van der Waals surface area contributed by atoms with Crippen LogP contribution in [0.25, 0.3) is 10.8 Å². The van der Waals surface area contributed by atoms with Gasteiger partial charge in [-0.3, -0.25) is 4.98 Å². The van der Waals surface area contributed by atoms with Gasteiger partial charge in [0.05, 0.1) is 16.9 Å². The third kappa shape index (κ3) is 4.40. The maximum atomic E-state index is 13.0. The third-order valence-electron chi connectivity index (χ3n) is 5.48. The van der Waals surface area contributed by atoms with E-state index in [4.69, 9.17) is 0 Å². The average Bonchev–Trinajstić information content (AvgIpc) is 3.16. The van der Waals surface area contributed by atoms with E-state index < -0.39 is 11.7 Å². The average molecular weight is 429 g/mol. The van der Waals surface area contributed by atoms with Crippen molar-refractivity contribution in [1.29, 1.82) is 0 Å². The number of hydrogen-bond donors (Lipinski definition) is 2. The van der Waals surface area contributed by atoms with Crippen molar-refractivity contribution < 1.29 is 18.0 Å². The van der Waals surface area contributed by atoms with Crippen molar-refractivity contribution in [2.24, 2.45) is 0 Å². The number of anilines is 2. The van der Waals surface area contributed by atoms with E-state index >= 15 is 0 Å². The highest BCUT2D eigenvalue weighted by molar-refractivity contribution is 6.02. The molecule has 0 spiro atoms. The highest BCUT2D eigenvalue weighted by Crippen LogP contribution is 2.32. The molecule has 3 aromatic rings. The van der Waals surface area contributed by atoms with Gasteiger partial charge in [-0.1, -0.05) is 12.1 Å². The Hall–Kier alpha value is -3.36. The number of pyridine rings is 2. The second-order valence-electron chi connectivity index (χ2n) is 7.63. The minimum absolute atomic E-state index is 0.0557. The van der Waals surface area contributed by atoms with E-state index in [1.165, 1.54) is 13.0 Å². The lowest BCUT2D eigenvalue weighted by atomic mass is 10.1. The molecular formula is C22H22F3N5O. The Kier molecular flexibility index (Phi) is 5.43. The fourth-order valence-corrected chi connectivity index (χ4v) is 3.92. The molecule has 0 saturated carbocycles. The first-order valence-corrected chi connectivity index (χ1v) is 9.94. The highest BCUT2D eigenvalue weighted by atomic mass is 19.4. The maximum Gasteiger partial charge on any atom is 0.418 e. The summed E-state index contributed by atoms with van der Waals surface area (Å²) in [6.07, 6.45) is -2.04. The van der Waals surface area contributed by atoms with Crippen LogP contribution >= 0.6 is 0 Å². The first kappa shape index (κ1) is 20.9. The minimum Gasteiger partial charge on any atom is -0.354 e. The molecule has 1 aliphatic heterocycles. The number of aryl methyl sites for hydroxylation is 2. The normalized spacial score (nSPS) is 16.5. The Morgan fingerprint density at radius 2 is 1.90 bits per heavy atom. The van der Waals surface area contributed by atoms with Gasteiger partial charge < -0.3 is 15.5 Å². The first-order valence-electron chi connectivity index (χ1n) is 9.94. The summed E-state index contributed by atoms with van der Waals surface area (Å²) in [6, 6.07) is 9.48. The molecule has 1 atom stereocenters. The van der Waals surface area contributed by atoms with Crippen LogP contribution in [0.1, 0.15) is 23.4 Å². The maximum absolute atomic E-state index is 13.0. The molecule has 4 rings (SSSR count). The first-order chi connectivity index (χ1) is 14.7. The van der Waals surface area contributed by atoms with Gasteiger partial charge in [0.25, 0.3) is 0 Å². The van der Waals surface area contributed by atoms with Crippen LogP contribution in [-0.2, 0) is 6.18 Å². The zero-order valence-corrected chi connectivity index (χ0v) is 17.1. The van der Waals surface area contributed by atoms with Crippen molar-refractivity contribution in [3.05, 3.63) is 59.5 Å². The number of hydrogen-bond acceptors (Lipinski definition) is 4. The van der Waals surface area contributed by atoms with E-state index in [0.29, 0.717) is 31.0 Å². The van der Waals surface area contributed by atoms with E-state index in [1.54, 1.807) is 6.20 Å². The number of fused-ring (bicyclic) bond motifs is 1. The fraction of sp³-hybridized carbons (Fsp3) is 0.318. The molecule has 1 aromatic carbocycles. The van der Waals surface area contributed by atoms with Crippen molar-refractivity contribution in [2.75, 3.05) is 23.3 Å². The predicted molar refractivity (Wildman–Crippen MR) is 113 cm³/mol. The summed E-state index contributed by atoms with van der Waals surface area (Å²) in [4.78, 5) is 22.8. The SMILES string of the molecule is Cc1nc(N2CCC(NC(=O)Nc3cccc4c(C)nccc34)C2)ccc1C(F)(F)F. The Labute approximate surface area is 177 Å². The summed E-state index contributed by atoms with van der Waals surface area (Å²) < 4.78 is 38.9. The molecular weight excluding hydrogens is 407 g/mol. The van der Waals surface area contributed by atoms with Crippen LogP contribution in [0.5, 0.6) is 0 Å². The van der Waals surface area contributed by atoms with Gasteiger partial charge in [0, 0.05) is 41.8 Å². The van der Waals surface area contributed by atoms with E-state index in [-0.39, 0.29) is 17.8 Å². The fourth-order valence-electron chi connectivity index (χ4n) is 3.92. The largest absolute Gasteiger partial charge is 0.418 e. The molecule has 2 amide bonds. The summed E-state index contributed by atoms with van der Waals surface area (Å²) in [5.74, 6) is 0.479. The Bertz CT molecular complexity index is 1130. The van der Waals surface area contributed by atoms with Gasteiger partial charge in [0.1, 0.15) is 5.82 Å². The van der Waals surface area contributed by atoms with Gasteiger partial charge in [0.15, 0.2) is 0 Å². The number of carbonyl (C=O) groups excluding carboxylic acids is 1. The molecule has 2 N–H and O–H groups in total. The molecule has 3 heterocycles. The summed E-state index contributed by atoms with van der Waals surface area (Å²) in [5, 5.41) is 7.71. The molecule has 1 aliphatic rings. The van der Waals surface area contributed by atoms with Gasteiger partial charge in [-0.25, -0.2) is 9.78 Å². The zero-order chi connectivity index (χ0) is 22.2. The van der Waals surface area contributed by atoms with Crippen LogP contribution in [0.4, 0.5) is 29.5 Å². The zero-order valence-electron chi connectivity index (χ0n) is 17.1. The monoisotopic (exact) mass is 429 g/mol. The Morgan fingerprint density at radius 1 is 1.10 bits per heavy atom. The number of halogens is 3. The topological polar surface area (TPSA) is 70.2 Å². The van der Waals surface area contributed by atoms with Gasteiger partial charge in [-0.2, -0.15) is 13.2 Å². The lowest BCUT2D eigenvalue weighted by Crippen LogP contribution is -2.39. The molecule has 162 valence electrons. The second kappa shape index (κ2) is 8.05. The standard InChI is InChI=1S/C22H22F3N5O/c1-13-16-4-3-5-19(17(16)8-10-26-13)29-21(31)28-15-9-11-30(12-15)20-7-6-18(14(2)27-20)22(23,24)25/h3-8,10,15H,9,11-12H2,1-2H3,(H2,28,29,31). The van der Waals surface area contributed by atoms with Crippen molar-refractivity contribution in [3.8, 4) is 0 Å². The number of carbonyl (C=O) groups is 1. The van der Waals surface area contributed by atoms with Crippen LogP contribution in [-0.4, -0.2) is 35.1 Å². The van der Waals surface area contributed by atoms with E-state index in [9.17, 15) is 18.0 Å². The van der Waals surface area contributed by atoms with Gasteiger partial charge in [0.2, 0.25) is 0 Å². The summed E-state index contributed by atoms with van der Waals surface area (Å²) >= 11 is 0. The number of nitrogens with zero attached hydrogens (tertiary/aromatic N) is 3.